The number of nitrogens with zero attached hydrogens (tertiary/aromatic N) is 3. The molecule has 1 saturated heterocycles. The minimum atomic E-state index is -0.115. The average Bonchev–Trinajstić information content (AvgIpc) is 3.26. The number of likely N-dealkylation sites (tertiary alicyclic amines) is 1. The van der Waals surface area contributed by atoms with E-state index < -0.39 is 0 Å². The number of amides is 1. The molecular formula is C25H31N3O3. The molecule has 6 heteroatoms. The third kappa shape index (κ3) is 4.74. The molecule has 2 heterocycles. The van der Waals surface area contributed by atoms with Crippen LogP contribution in [0, 0.1) is 0 Å². The SMILES string of the molecule is COc1ccc(C2=NN(C(=O)CN3CCCCC3C)C(c3ccc(OC)cc3)C2)cc1. The molecule has 2 aliphatic rings. The minimum absolute atomic E-state index is 0.0538. The van der Waals surface area contributed by atoms with Crippen LogP contribution in [0.3, 0.4) is 0 Å². The zero-order valence-corrected chi connectivity index (χ0v) is 18.6. The number of benzene rings is 2. The van der Waals surface area contributed by atoms with Crippen molar-refractivity contribution in [2.45, 2.75) is 44.7 Å². The van der Waals surface area contributed by atoms with E-state index in [2.05, 4.69) is 11.8 Å². The summed E-state index contributed by atoms with van der Waals surface area (Å²) in [6, 6.07) is 16.1. The highest BCUT2D eigenvalue weighted by atomic mass is 16.5. The predicted octanol–water partition coefficient (Wildman–Crippen LogP) is 4.26. The molecule has 0 saturated carbocycles. The summed E-state index contributed by atoms with van der Waals surface area (Å²) in [7, 11) is 3.31. The van der Waals surface area contributed by atoms with E-state index in [1.165, 1.54) is 6.42 Å². The second-order valence-corrected chi connectivity index (χ2v) is 8.32. The minimum Gasteiger partial charge on any atom is -0.497 e. The Morgan fingerprint density at radius 3 is 2.26 bits per heavy atom. The molecule has 164 valence electrons. The average molecular weight is 422 g/mol. The van der Waals surface area contributed by atoms with Crippen LogP contribution in [-0.4, -0.2) is 54.9 Å². The number of carbonyl (C=O) groups excluding carboxylic acids is 1. The molecule has 4 rings (SSSR count). The van der Waals surface area contributed by atoms with Crippen LogP contribution in [0.4, 0.5) is 0 Å². The standard InChI is InChI=1S/C25H31N3O3/c1-18-6-4-5-15-27(18)17-25(29)28-24(20-9-13-22(31-3)14-10-20)16-23(26-28)19-7-11-21(30-2)12-8-19/h7-14,18,24H,4-6,15-17H2,1-3H3. The van der Waals surface area contributed by atoms with Crippen LogP contribution < -0.4 is 9.47 Å². The van der Waals surface area contributed by atoms with Crippen molar-refractivity contribution in [3.05, 3.63) is 59.7 Å². The fourth-order valence-corrected chi connectivity index (χ4v) is 4.42. The summed E-state index contributed by atoms with van der Waals surface area (Å²) >= 11 is 0. The summed E-state index contributed by atoms with van der Waals surface area (Å²) in [6.07, 6.45) is 4.22. The van der Waals surface area contributed by atoms with Crippen molar-refractivity contribution < 1.29 is 14.3 Å². The molecular weight excluding hydrogens is 390 g/mol. The Morgan fingerprint density at radius 1 is 1.00 bits per heavy atom. The Labute approximate surface area is 184 Å². The van der Waals surface area contributed by atoms with Crippen LogP contribution in [0.2, 0.25) is 0 Å². The smallest absolute Gasteiger partial charge is 0.257 e. The van der Waals surface area contributed by atoms with E-state index in [1.54, 1.807) is 19.2 Å². The van der Waals surface area contributed by atoms with Crippen molar-refractivity contribution in [3.63, 3.8) is 0 Å². The first kappa shape index (κ1) is 21.4. The maximum absolute atomic E-state index is 13.4. The summed E-state index contributed by atoms with van der Waals surface area (Å²) in [6.45, 7) is 3.60. The Hall–Kier alpha value is -2.86. The van der Waals surface area contributed by atoms with Crippen molar-refractivity contribution >= 4 is 11.6 Å². The third-order valence-corrected chi connectivity index (χ3v) is 6.37. The Bertz CT molecular complexity index is 924. The van der Waals surface area contributed by atoms with Gasteiger partial charge in [-0.3, -0.25) is 9.69 Å². The van der Waals surface area contributed by atoms with E-state index in [0.29, 0.717) is 19.0 Å². The largest absolute Gasteiger partial charge is 0.497 e. The second-order valence-electron chi connectivity index (χ2n) is 8.32. The zero-order valence-electron chi connectivity index (χ0n) is 18.6. The van der Waals surface area contributed by atoms with Gasteiger partial charge >= 0.3 is 0 Å². The number of hydrogen-bond donors (Lipinski definition) is 0. The maximum Gasteiger partial charge on any atom is 0.257 e. The van der Waals surface area contributed by atoms with Gasteiger partial charge in [-0.25, -0.2) is 5.01 Å². The highest BCUT2D eigenvalue weighted by Gasteiger charge is 2.34. The van der Waals surface area contributed by atoms with Gasteiger partial charge in [0, 0.05) is 12.5 Å². The molecule has 2 aliphatic heterocycles. The maximum atomic E-state index is 13.4. The molecule has 1 amide bonds. The lowest BCUT2D eigenvalue weighted by atomic mass is 9.98. The van der Waals surface area contributed by atoms with Crippen LogP contribution in [-0.2, 0) is 4.79 Å². The third-order valence-electron chi connectivity index (χ3n) is 6.37. The van der Waals surface area contributed by atoms with Crippen molar-refractivity contribution in [3.8, 4) is 11.5 Å². The summed E-state index contributed by atoms with van der Waals surface area (Å²) in [4.78, 5) is 15.7. The molecule has 0 aromatic heterocycles. The number of hydrogen-bond acceptors (Lipinski definition) is 5. The van der Waals surface area contributed by atoms with Gasteiger partial charge in [-0.2, -0.15) is 5.10 Å². The van der Waals surface area contributed by atoms with Crippen LogP contribution >= 0.6 is 0 Å². The molecule has 2 unspecified atom stereocenters. The van der Waals surface area contributed by atoms with Crippen molar-refractivity contribution in [2.24, 2.45) is 5.10 Å². The van der Waals surface area contributed by atoms with E-state index in [1.807, 2.05) is 48.5 Å². The molecule has 0 N–H and O–H groups in total. The monoisotopic (exact) mass is 421 g/mol. The number of methoxy groups -OCH3 is 2. The van der Waals surface area contributed by atoms with Gasteiger partial charge in [0.15, 0.2) is 0 Å². The number of hydrazone groups is 1. The number of rotatable bonds is 6. The fourth-order valence-electron chi connectivity index (χ4n) is 4.42. The van der Waals surface area contributed by atoms with Gasteiger partial charge in [-0.15, -0.1) is 0 Å². The van der Waals surface area contributed by atoms with Crippen molar-refractivity contribution in [1.29, 1.82) is 0 Å². The molecule has 2 atom stereocenters. The van der Waals surface area contributed by atoms with Crippen molar-refractivity contribution in [1.82, 2.24) is 9.91 Å². The van der Waals surface area contributed by atoms with Crippen molar-refractivity contribution in [2.75, 3.05) is 27.3 Å². The lowest BCUT2D eigenvalue weighted by Gasteiger charge is -2.34. The Balaban J connectivity index is 1.59. The van der Waals surface area contributed by atoms with Crippen LogP contribution in [0.25, 0.3) is 0 Å². The molecule has 0 spiro atoms. The van der Waals surface area contributed by atoms with E-state index in [4.69, 9.17) is 14.6 Å². The molecule has 31 heavy (non-hydrogen) atoms. The first-order valence-electron chi connectivity index (χ1n) is 11.0. The summed E-state index contributed by atoms with van der Waals surface area (Å²) in [5.74, 6) is 1.66. The van der Waals surface area contributed by atoms with Gasteiger partial charge < -0.3 is 9.47 Å². The molecule has 6 nitrogen and oxygen atoms in total. The molecule has 0 radical (unpaired) electrons. The summed E-state index contributed by atoms with van der Waals surface area (Å²) < 4.78 is 10.6. The van der Waals surface area contributed by atoms with Gasteiger partial charge in [0.1, 0.15) is 11.5 Å². The summed E-state index contributed by atoms with van der Waals surface area (Å²) in [5.41, 5.74) is 3.00. The quantitative estimate of drug-likeness (QED) is 0.700. The van der Waals surface area contributed by atoms with Gasteiger partial charge in [-0.1, -0.05) is 18.6 Å². The first-order valence-corrected chi connectivity index (χ1v) is 11.0. The zero-order chi connectivity index (χ0) is 21.8. The van der Waals surface area contributed by atoms with Gasteiger partial charge in [0.25, 0.3) is 5.91 Å². The van der Waals surface area contributed by atoms with Crippen LogP contribution in [0.5, 0.6) is 11.5 Å². The topological polar surface area (TPSA) is 54.4 Å². The number of piperidine rings is 1. The molecule has 0 bridgehead atoms. The van der Waals surface area contributed by atoms with Crippen LogP contribution in [0.1, 0.15) is 49.8 Å². The molecule has 2 aromatic carbocycles. The van der Waals surface area contributed by atoms with Gasteiger partial charge in [-0.05, 0) is 73.8 Å². The van der Waals surface area contributed by atoms with Gasteiger partial charge in [0.2, 0.25) is 0 Å². The second kappa shape index (κ2) is 9.52. The fraction of sp³-hybridized carbons (Fsp3) is 0.440. The first-order chi connectivity index (χ1) is 15.1. The lowest BCUT2D eigenvalue weighted by Crippen LogP contribution is -2.44. The highest BCUT2D eigenvalue weighted by Crippen LogP contribution is 2.34. The van der Waals surface area contributed by atoms with Gasteiger partial charge in [0.05, 0.1) is 32.5 Å². The highest BCUT2D eigenvalue weighted by molar-refractivity contribution is 6.03. The Kier molecular flexibility index (Phi) is 6.56. The van der Waals surface area contributed by atoms with E-state index >= 15 is 0 Å². The Morgan fingerprint density at radius 2 is 1.65 bits per heavy atom. The van der Waals surface area contributed by atoms with E-state index in [-0.39, 0.29) is 11.9 Å². The number of ether oxygens (including phenoxy) is 2. The molecule has 0 aliphatic carbocycles. The predicted molar refractivity (Wildman–Crippen MR) is 122 cm³/mol. The molecule has 2 aromatic rings. The van der Waals surface area contributed by atoms with E-state index in [9.17, 15) is 4.79 Å². The van der Waals surface area contributed by atoms with E-state index in [0.717, 1.165) is 47.7 Å². The molecule has 1 fully saturated rings. The lowest BCUT2D eigenvalue weighted by molar-refractivity contribution is -0.135. The van der Waals surface area contributed by atoms with Crippen LogP contribution in [0.15, 0.2) is 53.6 Å². The normalized spacial score (nSPS) is 21.6. The summed E-state index contributed by atoms with van der Waals surface area (Å²) in [5, 5.41) is 6.50. The number of carbonyl (C=O) groups is 1.